The van der Waals surface area contributed by atoms with Crippen LogP contribution in [0.25, 0.3) is 0 Å². The molecule has 1 atom stereocenters. The van der Waals surface area contributed by atoms with Crippen molar-refractivity contribution in [2.45, 2.75) is 19.9 Å². The van der Waals surface area contributed by atoms with Gasteiger partial charge in [-0.3, -0.25) is 0 Å². The Kier molecular flexibility index (Phi) is 4.95. The third-order valence-electron chi connectivity index (χ3n) is 3.05. The van der Waals surface area contributed by atoms with Crippen molar-refractivity contribution in [3.05, 3.63) is 61.8 Å². The van der Waals surface area contributed by atoms with Crippen LogP contribution in [0.1, 0.15) is 24.1 Å². The van der Waals surface area contributed by atoms with E-state index in [1.54, 1.807) is 0 Å². The number of benzene rings is 2. The maximum absolute atomic E-state index is 13.6. The fourth-order valence-corrected chi connectivity index (χ4v) is 2.73. The zero-order chi connectivity index (χ0) is 14.9. The first kappa shape index (κ1) is 15.6. The van der Waals surface area contributed by atoms with E-state index in [0.717, 1.165) is 15.7 Å². The zero-order valence-corrected chi connectivity index (χ0v) is 14.1. The van der Waals surface area contributed by atoms with Crippen molar-refractivity contribution in [3.63, 3.8) is 0 Å². The van der Waals surface area contributed by atoms with Gasteiger partial charge >= 0.3 is 0 Å². The van der Waals surface area contributed by atoms with Crippen LogP contribution < -0.4 is 5.32 Å². The fourth-order valence-electron chi connectivity index (χ4n) is 1.93. The minimum atomic E-state index is -0.466. The molecular formula is C15H13BrCl2FN. The third-order valence-corrected chi connectivity index (χ3v) is 4.55. The van der Waals surface area contributed by atoms with Crippen molar-refractivity contribution in [1.29, 1.82) is 0 Å². The highest BCUT2D eigenvalue weighted by atomic mass is 79.9. The van der Waals surface area contributed by atoms with Gasteiger partial charge in [0.25, 0.3) is 0 Å². The maximum Gasteiger partial charge on any atom is 0.142 e. The summed E-state index contributed by atoms with van der Waals surface area (Å²) in [6.45, 7) is 3.93. The molecule has 2 aromatic carbocycles. The summed E-state index contributed by atoms with van der Waals surface area (Å²) in [5.74, 6) is -0.466. The molecule has 0 aromatic heterocycles. The SMILES string of the molecule is Cc1cc(NC(C)c2cc(F)c(Cl)cc2Cl)ccc1Br. The Morgan fingerprint density at radius 3 is 2.50 bits per heavy atom. The number of aryl methyl sites for hydroxylation is 1. The summed E-state index contributed by atoms with van der Waals surface area (Å²) in [6.07, 6.45) is 0. The van der Waals surface area contributed by atoms with Crippen LogP contribution in [0.15, 0.2) is 34.8 Å². The second-order valence-corrected chi connectivity index (χ2v) is 6.29. The summed E-state index contributed by atoms with van der Waals surface area (Å²) in [5.41, 5.74) is 2.74. The van der Waals surface area contributed by atoms with E-state index in [-0.39, 0.29) is 11.1 Å². The van der Waals surface area contributed by atoms with Crippen LogP contribution in [-0.2, 0) is 0 Å². The lowest BCUT2D eigenvalue weighted by molar-refractivity contribution is 0.624. The Hall–Kier alpha value is -0.770. The molecule has 2 rings (SSSR count). The van der Waals surface area contributed by atoms with Crippen LogP contribution in [-0.4, -0.2) is 0 Å². The topological polar surface area (TPSA) is 12.0 Å². The summed E-state index contributed by atoms with van der Waals surface area (Å²) < 4.78 is 14.6. The second-order valence-electron chi connectivity index (χ2n) is 4.62. The quantitative estimate of drug-likeness (QED) is 0.613. The van der Waals surface area contributed by atoms with Crippen molar-refractivity contribution < 1.29 is 4.39 Å². The smallest absolute Gasteiger partial charge is 0.142 e. The molecular weight excluding hydrogens is 364 g/mol. The first-order valence-corrected chi connectivity index (χ1v) is 7.60. The van der Waals surface area contributed by atoms with Crippen molar-refractivity contribution in [1.82, 2.24) is 0 Å². The van der Waals surface area contributed by atoms with Gasteiger partial charge in [0, 0.05) is 15.2 Å². The second kappa shape index (κ2) is 6.33. The van der Waals surface area contributed by atoms with Crippen LogP contribution in [0.4, 0.5) is 10.1 Å². The van der Waals surface area contributed by atoms with Gasteiger partial charge in [-0.15, -0.1) is 0 Å². The average Bonchev–Trinajstić information content (AvgIpc) is 2.38. The molecule has 106 valence electrons. The Labute approximate surface area is 136 Å². The molecule has 1 unspecified atom stereocenters. The number of hydrogen-bond acceptors (Lipinski definition) is 1. The van der Waals surface area contributed by atoms with E-state index >= 15 is 0 Å². The minimum absolute atomic E-state index is 0.0328. The zero-order valence-electron chi connectivity index (χ0n) is 11.0. The van der Waals surface area contributed by atoms with E-state index in [1.807, 2.05) is 32.0 Å². The summed E-state index contributed by atoms with van der Waals surface area (Å²) in [5, 5.41) is 3.78. The average molecular weight is 377 g/mol. The number of halogens is 4. The fraction of sp³-hybridized carbons (Fsp3) is 0.200. The molecule has 1 nitrogen and oxygen atoms in total. The molecule has 20 heavy (non-hydrogen) atoms. The van der Waals surface area contributed by atoms with E-state index in [9.17, 15) is 4.39 Å². The third kappa shape index (κ3) is 3.46. The summed E-state index contributed by atoms with van der Waals surface area (Å²) in [7, 11) is 0. The van der Waals surface area contributed by atoms with Crippen molar-refractivity contribution in [2.24, 2.45) is 0 Å². The van der Waals surface area contributed by atoms with E-state index in [1.165, 1.54) is 12.1 Å². The molecule has 0 bridgehead atoms. The summed E-state index contributed by atoms with van der Waals surface area (Å²) in [4.78, 5) is 0. The van der Waals surface area contributed by atoms with Crippen LogP contribution in [0.5, 0.6) is 0 Å². The van der Waals surface area contributed by atoms with E-state index < -0.39 is 5.82 Å². The van der Waals surface area contributed by atoms with Gasteiger partial charge in [0.1, 0.15) is 5.82 Å². The van der Waals surface area contributed by atoms with Crippen molar-refractivity contribution in [2.75, 3.05) is 5.32 Å². The number of nitrogens with one attached hydrogen (secondary N) is 1. The van der Waals surface area contributed by atoms with Gasteiger partial charge in [0.15, 0.2) is 0 Å². The highest BCUT2D eigenvalue weighted by molar-refractivity contribution is 9.10. The standard InChI is InChI=1S/C15H13BrCl2FN/c1-8-5-10(3-4-12(8)16)20-9(2)11-6-15(19)14(18)7-13(11)17/h3-7,9,20H,1-2H3. The van der Waals surface area contributed by atoms with Crippen LogP contribution >= 0.6 is 39.1 Å². The first-order chi connectivity index (χ1) is 9.38. The van der Waals surface area contributed by atoms with E-state index in [2.05, 4.69) is 21.2 Å². The molecule has 0 aliphatic carbocycles. The normalized spacial score (nSPS) is 12.3. The molecule has 2 aromatic rings. The predicted octanol–water partition coefficient (Wildman–Crippen LogP) is 6.38. The lowest BCUT2D eigenvalue weighted by Gasteiger charge is -2.18. The Balaban J connectivity index is 2.25. The van der Waals surface area contributed by atoms with Gasteiger partial charge in [0.05, 0.1) is 11.1 Å². The largest absolute Gasteiger partial charge is 0.378 e. The highest BCUT2D eigenvalue weighted by Gasteiger charge is 2.13. The molecule has 0 saturated carbocycles. The Bertz CT molecular complexity index is 646. The summed E-state index contributed by atoms with van der Waals surface area (Å²) >= 11 is 15.3. The van der Waals surface area contributed by atoms with E-state index in [0.29, 0.717) is 10.6 Å². The highest BCUT2D eigenvalue weighted by Crippen LogP contribution is 2.31. The molecule has 0 spiro atoms. The van der Waals surface area contributed by atoms with E-state index in [4.69, 9.17) is 23.2 Å². The Morgan fingerprint density at radius 2 is 1.85 bits per heavy atom. The van der Waals surface area contributed by atoms with Crippen molar-refractivity contribution in [3.8, 4) is 0 Å². The molecule has 5 heteroatoms. The number of rotatable bonds is 3. The van der Waals surface area contributed by atoms with Crippen molar-refractivity contribution >= 4 is 44.8 Å². The molecule has 0 saturated heterocycles. The van der Waals surface area contributed by atoms with Gasteiger partial charge in [-0.25, -0.2) is 4.39 Å². The van der Waals surface area contributed by atoms with Gasteiger partial charge in [-0.05, 0) is 55.3 Å². The molecule has 0 amide bonds. The number of hydrogen-bond donors (Lipinski definition) is 1. The van der Waals surface area contributed by atoms with Gasteiger partial charge in [-0.2, -0.15) is 0 Å². The van der Waals surface area contributed by atoms with Crippen LogP contribution in [0, 0.1) is 12.7 Å². The number of anilines is 1. The lowest BCUT2D eigenvalue weighted by Crippen LogP contribution is -2.08. The molecule has 1 N–H and O–H groups in total. The van der Waals surface area contributed by atoms with Crippen LogP contribution in [0.3, 0.4) is 0 Å². The van der Waals surface area contributed by atoms with Gasteiger partial charge in [0.2, 0.25) is 0 Å². The maximum atomic E-state index is 13.6. The minimum Gasteiger partial charge on any atom is -0.378 e. The monoisotopic (exact) mass is 375 g/mol. The lowest BCUT2D eigenvalue weighted by atomic mass is 10.1. The predicted molar refractivity (Wildman–Crippen MR) is 87.3 cm³/mol. The van der Waals surface area contributed by atoms with Gasteiger partial charge < -0.3 is 5.32 Å². The summed E-state index contributed by atoms with van der Waals surface area (Å²) in [6, 6.07) is 8.60. The molecule has 0 radical (unpaired) electrons. The van der Waals surface area contributed by atoms with Gasteiger partial charge in [-0.1, -0.05) is 39.1 Å². The molecule has 0 aliphatic rings. The first-order valence-electron chi connectivity index (χ1n) is 6.05. The molecule has 0 fully saturated rings. The molecule has 0 heterocycles. The van der Waals surface area contributed by atoms with Crippen LogP contribution in [0.2, 0.25) is 10.0 Å². The Morgan fingerprint density at radius 1 is 1.15 bits per heavy atom. The molecule has 0 aliphatic heterocycles.